The van der Waals surface area contributed by atoms with Crippen molar-refractivity contribution in [2.24, 2.45) is 5.41 Å². The molecule has 0 aromatic carbocycles. The molecule has 3 atom stereocenters. The fourth-order valence-corrected chi connectivity index (χ4v) is 4.42. The smallest absolute Gasteiger partial charge is 0.155 e. The summed E-state index contributed by atoms with van der Waals surface area (Å²) < 4.78 is 0.763. The van der Waals surface area contributed by atoms with Crippen LogP contribution in [0.4, 0.5) is 0 Å². The van der Waals surface area contributed by atoms with Gasteiger partial charge in [-0.2, -0.15) is 0 Å². The maximum Gasteiger partial charge on any atom is 0.155 e. The number of piperidine rings is 1. The van der Waals surface area contributed by atoms with Crippen molar-refractivity contribution in [3.8, 4) is 0 Å². The number of pyridine rings is 1. The van der Waals surface area contributed by atoms with Gasteiger partial charge in [-0.3, -0.25) is 9.59 Å². The number of aromatic nitrogens is 1. The lowest BCUT2D eigenvalue weighted by atomic mass is 9.90. The molecule has 1 N–H and O–H groups in total. The Kier molecular flexibility index (Phi) is 6.08. The number of unbranched alkanes of at least 4 members (excludes halogenated alkanes) is 1. The van der Waals surface area contributed by atoms with Crippen LogP contribution in [-0.4, -0.2) is 28.6 Å². The zero-order valence-electron chi connectivity index (χ0n) is 15.4. The topological polar surface area (TPSA) is 59.1 Å². The Morgan fingerprint density at radius 2 is 2.19 bits per heavy atom. The number of Topliss-reactive ketones (excluding diaryl/α,β-unsaturated/α-hetero) is 2. The van der Waals surface area contributed by atoms with Gasteiger partial charge in [0.2, 0.25) is 0 Å². The first-order chi connectivity index (χ1) is 12.4. The number of ketones is 2. The highest BCUT2D eigenvalue weighted by molar-refractivity contribution is 9.10. The monoisotopic (exact) mass is 418 g/mol. The molecule has 2 fully saturated rings. The summed E-state index contributed by atoms with van der Waals surface area (Å²) in [6.45, 7) is 5.68. The van der Waals surface area contributed by atoms with Gasteiger partial charge in [0.05, 0.1) is 18.2 Å². The quantitative estimate of drug-likeness (QED) is 0.353. The van der Waals surface area contributed by atoms with Crippen LogP contribution in [0.3, 0.4) is 0 Å². The number of hydrogen-bond donors (Lipinski definition) is 1. The summed E-state index contributed by atoms with van der Waals surface area (Å²) in [5.74, 6) is 0.554. The van der Waals surface area contributed by atoms with Gasteiger partial charge >= 0.3 is 0 Å². The molecule has 0 unspecified atom stereocenters. The molecule has 2 aliphatic rings. The Balaban J connectivity index is 1.49. The Labute approximate surface area is 164 Å². The number of halogens is 1. The molecule has 140 valence electrons. The van der Waals surface area contributed by atoms with E-state index in [1.54, 1.807) is 0 Å². The fourth-order valence-electron chi connectivity index (χ4n) is 4.07. The van der Waals surface area contributed by atoms with Crippen LogP contribution in [-0.2, 0) is 16.0 Å². The van der Waals surface area contributed by atoms with E-state index in [0.29, 0.717) is 31.1 Å². The second kappa shape index (κ2) is 8.13. The van der Waals surface area contributed by atoms with Crippen LogP contribution >= 0.6 is 15.9 Å². The fraction of sp³-hybridized carbons (Fsp3) is 0.571. The third kappa shape index (κ3) is 4.49. The average Bonchev–Trinajstić information content (AvgIpc) is 3.17. The van der Waals surface area contributed by atoms with Crippen LogP contribution in [0.15, 0.2) is 29.4 Å². The number of carbonyl (C=O) groups is 2. The van der Waals surface area contributed by atoms with Crippen LogP contribution in [0.25, 0.3) is 0 Å². The lowest BCUT2D eigenvalue weighted by Gasteiger charge is -2.15. The van der Waals surface area contributed by atoms with Gasteiger partial charge in [-0.05, 0) is 72.0 Å². The van der Waals surface area contributed by atoms with Crippen molar-refractivity contribution >= 4 is 27.5 Å². The molecule has 1 aliphatic carbocycles. The van der Waals surface area contributed by atoms with E-state index in [-0.39, 0.29) is 17.2 Å². The molecule has 4 nitrogen and oxygen atoms in total. The third-order valence-electron chi connectivity index (χ3n) is 5.87. The largest absolute Gasteiger partial charge is 0.304 e. The molecular formula is C21H27BrN2O2. The predicted octanol–water partition coefficient (Wildman–Crippen LogP) is 4.09. The Morgan fingerprint density at radius 1 is 1.38 bits per heavy atom. The summed E-state index contributed by atoms with van der Waals surface area (Å²) in [6.07, 6.45) is 8.20. The van der Waals surface area contributed by atoms with E-state index in [1.807, 2.05) is 25.1 Å². The summed E-state index contributed by atoms with van der Waals surface area (Å²) in [5.41, 5.74) is 2.07. The molecule has 0 radical (unpaired) electrons. The SMILES string of the molecule is C=CCCCC(=O)CC[C@@]12C[C@@H](C(=O)Cc3nc(Br)ccc3C)N[C@@H]1C2. The summed E-state index contributed by atoms with van der Waals surface area (Å²) >= 11 is 3.38. The Bertz CT molecular complexity index is 718. The van der Waals surface area contributed by atoms with Crippen LogP contribution in [0.1, 0.15) is 56.2 Å². The summed E-state index contributed by atoms with van der Waals surface area (Å²) in [5, 5.41) is 3.49. The van der Waals surface area contributed by atoms with Crippen LogP contribution in [0.2, 0.25) is 0 Å². The van der Waals surface area contributed by atoms with Crippen molar-refractivity contribution in [2.45, 2.75) is 70.4 Å². The van der Waals surface area contributed by atoms with Gasteiger partial charge in [0.15, 0.2) is 5.78 Å². The molecule has 3 rings (SSSR count). The highest BCUT2D eigenvalue weighted by Crippen LogP contribution is 2.57. The molecule has 0 spiro atoms. The highest BCUT2D eigenvalue weighted by atomic mass is 79.9. The van der Waals surface area contributed by atoms with Gasteiger partial charge in [0, 0.05) is 18.9 Å². The van der Waals surface area contributed by atoms with Crippen molar-refractivity contribution in [3.05, 3.63) is 40.6 Å². The summed E-state index contributed by atoms with van der Waals surface area (Å²) in [4.78, 5) is 29.2. The van der Waals surface area contributed by atoms with E-state index in [9.17, 15) is 9.59 Å². The molecular weight excluding hydrogens is 392 g/mol. The number of allylic oxidation sites excluding steroid dienone is 1. The van der Waals surface area contributed by atoms with Gasteiger partial charge in [-0.25, -0.2) is 4.98 Å². The van der Waals surface area contributed by atoms with E-state index < -0.39 is 0 Å². The summed E-state index contributed by atoms with van der Waals surface area (Å²) in [6, 6.07) is 4.20. The molecule has 1 aromatic heterocycles. The molecule has 0 bridgehead atoms. The van der Waals surface area contributed by atoms with Crippen molar-refractivity contribution < 1.29 is 9.59 Å². The van der Waals surface area contributed by atoms with Crippen LogP contribution in [0, 0.1) is 12.3 Å². The number of rotatable bonds is 10. The number of nitrogens with one attached hydrogen (secondary N) is 1. The Hall–Kier alpha value is -1.33. The average molecular weight is 419 g/mol. The van der Waals surface area contributed by atoms with Crippen LogP contribution in [0.5, 0.6) is 0 Å². The van der Waals surface area contributed by atoms with E-state index in [2.05, 4.69) is 32.8 Å². The number of aryl methyl sites for hydroxylation is 1. The Morgan fingerprint density at radius 3 is 2.96 bits per heavy atom. The lowest BCUT2D eigenvalue weighted by molar-refractivity contribution is -0.120. The maximum absolute atomic E-state index is 12.7. The molecule has 5 heteroatoms. The van der Waals surface area contributed by atoms with Crippen molar-refractivity contribution in [3.63, 3.8) is 0 Å². The van der Waals surface area contributed by atoms with Crippen molar-refractivity contribution in [1.82, 2.24) is 10.3 Å². The zero-order chi connectivity index (χ0) is 18.7. The number of fused-ring (bicyclic) bond motifs is 1. The molecule has 0 amide bonds. The molecule has 1 aromatic rings. The minimum atomic E-state index is -0.0928. The first-order valence-electron chi connectivity index (χ1n) is 9.47. The van der Waals surface area contributed by atoms with Crippen LogP contribution < -0.4 is 5.32 Å². The van der Waals surface area contributed by atoms with Crippen molar-refractivity contribution in [2.75, 3.05) is 0 Å². The first kappa shape index (κ1) is 19.4. The van der Waals surface area contributed by atoms with Gasteiger partial charge in [-0.1, -0.05) is 12.1 Å². The van der Waals surface area contributed by atoms with E-state index in [1.165, 1.54) is 0 Å². The second-order valence-electron chi connectivity index (χ2n) is 7.80. The molecule has 1 saturated heterocycles. The molecule has 1 aliphatic heterocycles. The minimum absolute atomic E-state index is 0.0928. The van der Waals surface area contributed by atoms with Gasteiger partial charge in [0.1, 0.15) is 10.4 Å². The van der Waals surface area contributed by atoms with Gasteiger partial charge < -0.3 is 5.32 Å². The normalized spacial score (nSPS) is 26.4. The maximum atomic E-state index is 12.7. The van der Waals surface area contributed by atoms with Gasteiger partial charge in [0.25, 0.3) is 0 Å². The van der Waals surface area contributed by atoms with E-state index in [0.717, 1.165) is 48.0 Å². The van der Waals surface area contributed by atoms with Gasteiger partial charge in [-0.15, -0.1) is 6.58 Å². The van der Waals surface area contributed by atoms with E-state index in [4.69, 9.17) is 0 Å². The predicted molar refractivity (Wildman–Crippen MR) is 106 cm³/mol. The molecule has 26 heavy (non-hydrogen) atoms. The zero-order valence-corrected chi connectivity index (χ0v) is 17.0. The third-order valence-corrected chi connectivity index (χ3v) is 6.31. The number of nitrogens with zero attached hydrogens (tertiary/aromatic N) is 1. The number of carbonyl (C=O) groups excluding carboxylic acids is 2. The van der Waals surface area contributed by atoms with Crippen molar-refractivity contribution in [1.29, 1.82) is 0 Å². The standard InChI is InChI=1S/C21H27BrN2O2/c1-3-4-5-6-15(25)9-10-21-12-17(23-19(21)13-21)18(26)11-16-14(2)7-8-20(22)24-16/h3,7-8,17,19,23H,1,4-6,9-13H2,2H3/t17-,19+,21-/m0/s1. The molecule has 1 saturated carbocycles. The second-order valence-corrected chi connectivity index (χ2v) is 8.62. The highest BCUT2D eigenvalue weighted by Gasteiger charge is 2.60. The first-order valence-corrected chi connectivity index (χ1v) is 10.3. The van der Waals surface area contributed by atoms with E-state index >= 15 is 0 Å². The lowest BCUT2D eigenvalue weighted by Crippen LogP contribution is -2.35. The number of hydrogen-bond acceptors (Lipinski definition) is 4. The molecule has 2 heterocycles. The minimum Gasteiger partial charge on any atom is -0.304 e. The summed E-state index contributed by atoms with van der Waals surface area (Å²) in [7, 11) is 0.